The Balaban J connectivity index is 2.34. The summed E-state index contributed by atoms with van der Waals surface area (Å²) in [6, 6.07) is 7.74. The average Bonchev–Trinajstić information content (AvgIpc) is 2.28. The summed E-state index contributed by atoms with van der Waals surface area (Å²) in [7, 11) is 0. The molecule has 0 radical (unpaired) electrons. The molecule has 1 unspecified atom stereocenters. The van der Waals surface area contributed by atoms with Crippen LogP contribution in [0.3, 0.4) is 0 Å². The SMILES string of the molecule is CCOc1ccccc1C1(O)CCOC(C)(C)C1. The molecule has 18 heavy (non-hydrogen) atoms. The maximum Gasteiger partial charge on any atom is 0.125 e. The van der Waals surface area contributed by atoms with Crippen LogP contribution >= 0.6 is 0 Å². The molecule has 0 saturated carbocycles. The minimum atomic E-state index is -0.854. The molecule has 0 spiro atoms. The van der Waals surface area contributed by atoms with Crippen LogP contribution in [0, 0.1) is 0 Å². The zero-order chi connectivity index (χ0) is 13.2. The second kappa shape index (κ2) is 4.90. The van der Waals surface area contributed by atoms with E-state index in [9.17, 15) is 5.11 Å². The third-order valence-corrected chi connectivity index (χ3v) is 3.41. The van der Waals surface area contributed by atoms with Crippen molar-refractivity contribution in [3.8, 4) is 5.75 Å². The molecule has 0 aromatic heterocycles. The molecular weight excluding hydrogens is 228 g/mol. The zero-order valence-corrected chi connectivity index (χ0v) is 11.4. The standard InChI is InChI=1S/C15H22O3/c1-4-17-13-8-6-5-7-12(13)15(16)9-10-18-14(2,3)11-15/h5-8,16H,4,9-11H2,1-3H3. The summed E-state index contributed by atoms with van der Waals surface area (Å²) >= 11 is 0. The van der Waals surface area contributed by atoms with Crippen molar-refractivity contribution in [1.82, 2.24) is 0 Å². The minimum absolute atomic E-state index is 0.299. The molecule has 1 N–H and O–H groups in total. The van der Waals surface area contributed by atoms with Crippen molar-refractivity contribution >= 4 is 0 Å². The van der Waals surface area contributed by atoms with Crippen LogP contribution in [-0.4, -0.2) is 23.9 Å². The van der Waals surface area contributed by atoms with Crippen molar-refractivity contribution in [2.24, 2.45) is 0 Å². The molecule has 1 aromatic rings. The van der Waals surface area contributed by atoms with Gasteiger partial charge in [-0.3, -0.25) is 0 Å². The minimum Gasteiger partial charge on any atom is -0.493 e. The average molecular weight is 250 g/mol. The van der Waals surface area contributed by atoms with Gasteiger partial charge >= 0.3 is 0 Å². The predicted molar refractivity (Wildman–Crippen MR) is 70.8 cm³/mol. The molecule has 0 bridgehead atoms. The Labute approximate surface area is 109 Å². The summed E-state index contributed by atoms with van der Waals surface area (Å²) in [6.45, 7) is 7.16. The van der Waals surface area contributed by atoms with Gasteiger partial charge in [-0.05, 0) is 26.8 Å². The molecule has 2 rings (SSSR count). The molecule has 1 fully saturated rings. The first kappa shape index (κ1) is 13.4. The zero-order valence-electron chi connectivity index (χ0n) is 11.4. The number of para-hydroxylation sites is 1. The summed E-state index contributed by atoms with van der Waals surface area (Å²) in [5, 5.41) is 10.9. The fourth-order valence-corrected chi connectivity index (χ4v) is 2.70. The highest BCUT2D eigenvalue weighted by atomic mass is 16.5. The molecule has 3 nitrogen and oxygen atoms in total. The smallest absolute Gasteiger partial charge is 0.125 e. The largest absolute Gasteiger partial charge is 0.493 e. The van der Waals surface area contributed by atoms with Gasteiger partial charge < -0.3 is 14.6 Å². The summed E-state index contributed by atoms with van der Waals surface area (Å²) in [5.74, 6) is 0.778. The van der Waals surface area contributed by atoms with Crippen molar-refractivity contribution in [3.05, 3.63) is 29.8 Å². The number of ether oxygens (including phenoxy) is 2. The van der Waals surface area contributed by atoms with Gasteiger partial charge in [0.25, 0.3) is 0 Å². The van der Waals surface area contributed by atoms with Crippen LogP contribution in [0.5, 0.6) is 5.75 Å². The number of hydrogen-bond donors (Lipinski definition) is 1. The maximum atomic E-state index is 10.9. The van der Waals surface area contributed by atoms with E-state index in [4.69, 9.17) is 9.47 Å². The molecule has 3 heteroatoms. The van der Waals surface area contributed by atoms with Crippen LogP contribution in [-0.2, 0) is 10.3 Å². The summed E-state index contributed by atoms with van der Waals surface area (Å²) in [6.07, 6.45) is 1.20. The normalized spacial score (nSPS) is 26.9. The summed E-state index contributed by atoms with van der Waals surface area (Å²) in [5.41, 5.74) is -0.275. The topological polar surface area (TPSA) is 38.7 Å². The predicted octanol–water partition coefficient (Wildman–Crippen LogP) is 2.86. The van der Waals surface area contributed by atoms with E-state index < -0.39 is 5.60 Å². The van der Waals surface area contributed by atoms with Crippen LogP contribution in [0.1, 0.15) is 39.2 Å². The number of hydrogen-bond acceptors (Lipinski definition) is 3. The Bertz CT molecular complexity index is 414. The van der Waals surface area contributed by atoms with Gasteiger partial charge in [0.2, 0.25) is 0 Å². The Kier molecular flexibility index (Phi) is 3.64. The van der Waals surface area contributed by atoms with Gasteiger partial charge in [-0.15, -0.1) is 0 Å². The molecule has 1 saturated heterocycles. The lowest BCUT2D eigenvalue weighted by molar-refractivity contribution is -0.148. The maximum absolute atomic E-state index is 10.9. The highest BCUT2D eigenvalue weighted by Gasteiger charge is 2.42. The first-order valence-corrected chi connectivity index (χ1v) is 6.55. The lowest BCUT2D eigenvalue weighted by Gasteiger charge is -2.42. The van der Waals surface area contributed by atoms with Gasteiger partial charge in [0.1, 0.15) is 5.75 Å². The molecule has 1 heterocycles. The molecule has 0 amide bonds. The van der Waals surface area contributed by atoms with Crippen molar-refractivity contribution in [3.63, 3.8) is 0 Å². The quantitative estimate of drug-likeness (QED) is 0.896. The second-order valence-electron chi connectivity index (χ2n) is 5.50. The first-order chi connectivity index (χ1) is 8.47. The van der Waals surface area contributed by atoms with Gasteiger partial charge in [0, 0.05) is 18.4 Å². The van der Waals surface area contributed by atoms with E-state index in [0.717, 1.165) is 11.3 Å². The Morgan fingerprint density at radius 3 is 2.72 bits per heavy atom. The van der Waals surface area contributed by atoms with Crippen molar-refractivity contribution in [2.75, 3.05) is 13.2 Å². The highest BCUT2D eigenvalue weighted by Crippen LogP contribution is 2.42. The molecule has 1 aliphatic heterocycles. The summed E-state index contributed by atoms with van der Waals surface area (Å²) < 4.78 is 11.3. The van der Waals surface area contributed by atoms with Crippen LogP contribution in [0.2, 0.25) is 0 Å². The van der Waals surface area contributed by atoms with Crippen molar-refractivity contribution < 1.29 is 14.6 Å². The number of aliphatic hydroxyl groups is 1. The third kappa shape index (κ3) is 2.68. The number of benzene rings is 1. The van der Waals surface area contributed by atoms with Crippen molar-refractivity contribution in [1.29, 1.82) is 0 Å². The molecule has 1 aliphatic rings. The van der Waals surface area contributed by atoms with Crippen LogP contribution in [0.25, 0.3) is 0 Å². The van der Waals surface area contributed by atoms with E-state index >= 15 is 0 Å². The van der Waals surface area contributed by atoms with Crippen LogP contribution in [0.4, 0.5) is 0 Å². The molecule has 0 aliphatic carbocycles. The van der Waals surface area contributed by atoms with E-state index in [2.05, 4.69) is 0 Å². The van der Waals surface area contributed by atoms with E-state index in [1.807, 2.05) is 45.0 Å². The van der Waals surface area contributed by atoms with E-state index in [-0.39, 0.29) is 5.60 Å². The molecular formula is C15H22O3. The van der Waals surface area contributed by atoms with Gasteiger partial charge in [0.15, 0.2) is 0 Å². The lowest BCUT2D eigenvalue weighted by atomic mass is 9.79. The Morgan fingerprint density at radius 1 is 1.33 bits per heavy atom. The lowest BCUT2D eigenvalue weighted by Crippen LogP contribution is -2.44. The van der Waals surface area contributed by atoms with Crippen molar-refractivity contribution in [2.45, 2.75) is 44.8 Å². The fourth-order valence-electron chi connectivity index (χ4n) is 2.70. The van der Waals surface area contributed by atoms with Crippen LogP contribution < -0.4 is 4.74 Å². The van der Waals surface area contributed by atoms with E-state index in [1.165, 1.54) is 0 Å². The monoisotopic (exact) mass is 250 g/mol. The molecule has 1 atom stereocenters. The Hall–Kier alpha value is -1.06. The third-order valence-electron chi connectivity index (χ3n) is 3.41. The Morgan fingerprint density at radius 2 is 2.06 bits per heavy atom. The van der Waals surface area contributed by atoms with Crippen LogP contribution in [0.15, 0.2) is 24.3 Å². The molecule has 1 aromatic carbocycles. The van der Waals surface area contributed by atoms with E-state index in [0.29, 0.717) is 26.1 Å². The highest BCUT2D eigenvalue weighted by molar-refractivity contribution is 5.38. The van der Waals surface area contributed by atoms with Gasteiger partial charge in [-0.1, -0.05) is 18.2 Å². The van der Waals surface area contributed by atoms with E-state index in [1.54, 1.807) is 0 Å². The molecule has 100 valence electrons. The first-order valence-electron chi connectivity index (χ1n) is 6.55. The van der Waals surface area contributed by atoms with Gasteiger partial charge in [0.05, 0.1) is 24.4 Å². The fraction of sp³-hybridized carbons (Fsp3) is 0.600. The van der Waals surface area contributed by atoms with Gasteiger partial charge in [-0.25, -0.2) is 0 Å². The summed E-state index contributed by atoms with van der Waals surface area (Å²) in [4.78, 5) is 0. The second-order valence-corrected chi connectivity index (χ2v) is 5.50. The van der Waals surface area contributed by atoms with Gasteiger partial charge in [-0.2, -0.15) is 0 Å². The number of rotatable bonds is 3.